The number of nitrogens with one attached hydrogen (secondary N) is 1. The molecule has 2 amide bonds. The normalized spacial score (nSPS) is 22.5. The Bertz CT molecular complexity index is 465. The number of amides is 2. The number of rotatable bonds is 4. The molecule has 1 aliphatic heterocycles. The van der Waals surface area contributed by atoms with Gasteiger partial charge in [0.2, 0.25) is 11.8 Å². The summed E-state index contributed by atoms with van der Waals surface area (Å²) < 4.78 is 4.77. The van der Waals surface area contributed by atoms with Gasteiger partial charge >= 0.3 is 0 Å². The third-order valence-electron chi connectivity index (χ3n) is 3.91. The Labute approximate surface area is 112 Å². The van der Waals surface area contributed by atoms with Crippen LogP contribution in [-0.4, -0.2) is 33.5 Å². The lowest BCUT2D eigenvalue weighted by atomic mass is 9.87. The van der Waals surface area contributed by atoms with Crippen molar-refractivity contribution in [3.63, 3.8) is 0 Å². The molecule has 0 bridgehead atoms. The maximum absolute atomic E-state index is 12.6. The molecule has 1 fully saturated rings. The first-order valence-corrected chi connectivity index (χ1v) is 6.56. The highest BCUT2D eigenvalue weighted by Gasteiger charge is 2.47. The highest BCUT2D eigenvalue weighted by Crippen LogP contribution is 2.26. The first-order chi connectivity index (χ1) is 9.04. The van der Waals surface area contributed by atoms with E-state index in [0.29, 0.717) is 25.1 Å². The Hall–Kier alpha value is -1.85. The van der Waals surface area contributed by atoms with E-state index in [1.807, 2.05) is 13.8 Å². The van der Waals surface area contributed by atoms with E-state index in [1.54, 1.807) is 17.9 Å². The summed E-state index contributed by atoms with van der Waals surface area (Å²) in [6.45, 7) is 5.84. The molecule has 2 rings (SSSR count). The number of hydrogen-bond donors (Lipinski definition) is 1. The summed E-state index contributed by atoms with van der Waals surface area (Å²) in [5.74, 6) is -0.167. The Kier molecular flexibility index (Phi) is 3.59. The number of piperazine rings is 1. The second-order valence-electron chi connectivity index (χ2n) is 4.88. The Balaban J connectivity index is 2.28. The van der Waals surface area contributed by atoms with Crippen molar-refractivity contribution in [2.75, 3.05) is 0 Å². The van der Waals surface area contributed by atoms with E-state index in [-0.39, 0.29) is 11.8 Å². The van der Waals surface area contributed by atoms with Gasteiger partial charge in [0.25, 0.3) is 0 Å². The van der Waals surface area contributed by atoms with E-state index >= 15 is 0 Å². The van der Waals surface area contributed by atoms with Gasteiger partial charge in [-0.3, -0.25) is 9.59 Å². The van der Waals surface area contributed by atoms with Crippen LogP contribution in [0.2, 0.25) is 0 Å². The fraction of sp³-hybridized carbons (Fsp3) is 0.615. The smallest absolute Gasteiger partial charge is 0.249 e. The standard InChI is InChI=1S/C13H19N3O3/c1-4-13(5-2)12(18)16(9(3)11(17)14-13)8-10-6-7-19-15-10/h6-7,9H,4-5,8H2,1-3H3,(H,14,17). The van der Waals surface area contributed by atoms with E-state index in [9.17, 15) is 9.59 Å². The lowest BCUT2D eigenvalue weighted by Gasteiger charge is -2.44. The van der Waals surface area contributed by atoms with Gasteiger partial charge < -0.3 is 14.7 Å². The molecule has 1 N–H and O–H groups in total. The second kappa shape index (κ2) is 5.03. The Morgan fingerprint density at radius 3 is 2.63 bits per heavy atom. The van der Waals surface area contributed by atoms with Crippen molar-refractivity contribution in [2.45, 2.75) is 51.7 Å². The lowest BCUT2D eigenvalue weighted by Crippen LogP contribution is -2.69. The molecule has 104 valence electrons. The van der Waals surface area contributed by atoms with Crippen LogP contribution in [-0.2, 0) is 16.1 Å². The largest absolute Gasteiger partial charge is 0.364 e. The van der Waals surface area contributed by atoms with Gasteiger partial charge in [-0.15, -0.1) is 0 Å². The van der Waals surface area contributed by atoms with E-state index in [1.165, 1.54) is 6.26 Å². The zero-order chi connectivity index (χ0) is 14.0. The minimum atomic E-state index is -0.784. The van der Waals surface area contributed by atoms with Gasteiger partial charge in [0, 0.05) is 6.07 Å². The summed E-state index contributed by atoms with van der Waals surface area (Å²) in [4.78, 5) is 26.3. The summed E-state index contributed by atoms with van der Waals surface area (Å²) in [6, 6.07) is 1.21. The van der Waals surface area contributed by atoms with Crippen LogP contribution in [0.5, 0.6) is 0 Å². The van der Waals surface area contributed by atoms with Crippen LogP contribution in [0.4, 0.5) is 0 Å². The van der Waals surface area contributed by atoms with Crippen LogP contribution < -0.4 is 5.32 Å². The Morgan fingerprint density at radius 1 is 1.42 bits per heavy atom. The fourth-order valence-electron chi connectivity index (χ4n) is 2.42. The minimum absolute atomic E-state index is 0.0485. The molecule has 0 aromatic carbocycles. The van der Waals surface area contributed by atoms with Crippen molar-refractivity contribution in [2.24, 2.45) is 0 Å². The van der Waals surface area contributed by atoms with Crippen LogP contribution in [0.15, 0.2) is 16.9 Å². The molecule has 0 spiro atoms. The number of aromatic nitrogens is 1. The number of hydrogen-bond acceptors (Lipinski definition) is 4. The van der Waals surface area contributed by atoms with Gasteiger partial charge in [0.15, 0.2) is 0 Å². The maximum atomic E-state index is 12.6. The molecule has 2 heterocycles. The summed E-state index contributed by atoms with van der Waals surface area (Å²) in [5, 5.41) is 6.67. The van der Waals surface area contributed by atoms with Gasteiger partial charge in [-0.25, -0.2) is 0 Å². The summed E-state index contributed by atoms with van der Waals surface area (Å²) in [6.07, 6.45) is 2.62. The van der Waals surface area contributed by atoms with Crippen molar-refractivity contribution in [3.05, 3.63) is 18.0 Å². The average Bonchev–Trinajstić information content (AvgIpc) is 2.92. The van der Waals surface area contributed by atoms with E-state index < -0.39 is 11.6 Å². The monoisotopic (exact) mass is 265 g/mol. The predicted octanol–water partition coefficient (Wildman–Crippen LogP) is 1.08. The van der Waals surface area contributed by atoms with Gasteiger partial charge in [0.05, 0.1) is 6.54 Å². The molecule has 6 nitrogen and oxygen atoms in total. The van der Waals surface area contributed by atoms with Crippen molar-refractivity contribution in [1.82, 2.24) is 15.4 Å². The highest BCUT2D eigenvalue weighted by atomic mass is 16.5. The molecule has 1 aliphatic rings. The third kappa shape index (κ3) is 2.22. The number of nitrogens with zero attached hydrogens (tertiary/aromatic N) is 2. The van der Waals surface area contributed by atoms with Crippen LogP contribution >= 0.6 is 0 Å². The molecule has 0 radical (unpaired) electrons. The van der Waals surface area contributed by atoms with Crippen molar-refractivity contribution >= 4 is 11.8 Å². The Morgan fingerprint density at radius 2 is 2.11 bits per heavy atom. The third-order valence-corrected chi connectivity index (χ3v) is 3.91. The maximum Gasteiger partial charge on any atom is 0.249 e. The van der Waals surface area contributed by atoms with Crippen LogP contribution in [0.25, 0.3) is 0 Å². The van der Waals surface area contributed by atoms with Crippen LogP contribution in [0.1, 0.15) is 39.3 Å². The van der Waals surface area contributed by atoms with E-state index in [4.69, 9.17) is 4.52 Å². The zero-order valence-corrected chi connectivity index (χ0v) is 11.5. The topological polar surface area (TPSA) is 75.4 Å². The molecule has 1 aromatic heterocycles. The number of carbonyl (C=O) groups is 2. The van der Waals surface area contributed by atoms with Crippen molar-refractivity contribution in [3.8, 4) is 0 Å². The van der Waals surface area contributed by atoms with Crippen LogP contribution in [0.3, 0.4) is 0 Å². The summed E-state index contributed by atoms with van der Waals surface area (Å²) in [7, 11) is 0. The highest BCUT2D eigenvalue weighted by molar-refractivity contribution is 5.99. The first-order valence-electron chi connectivity index (χ1n) is 6.56. The second-order valence-corrected chi connectivity index (χ2v) is 4.88. The summed E-state index contributed by atoms with van der Waals surface area (Å²) >= 11 is 0. The molecule has 0 aliphatic carbocycles. The van der Waals surface area contributed by atoms with Gasteiger partial charge in [-0.2, -0.15) is 0 Å². The molecule has 19 heavy (non-hydrogen) atoms. The van der Waals surface area contributed by atoms with Crippen molar-refractivity contribution in [1.29, 1.82) is 0 Å². The fourth-order valence-corrected chi connectivity index (χ4v) is 2.42. The molecule has 1 unspecified atom stereocenters. The molecular formula is C13H19N3O3. The molecule has 1 aromatic rings. The predicted molar refractivity (Wildman–Crippen MR) is 68.0 cm³/mol. The average molecular weight is 265 g/mol. The van der Waals surface area contributed by atoms with Crippen LogP contribution in [0, 0.1) is 0 Å². The minimum Gasteiger partial charge on any atom is -0.364 e. The molecular weight excluding hydrogens is 246 g/mol. The number of carbonyl (C=O) groups excluding carboxylic acids is 2. The van der Waals surface area contributed by atoms with Gasteiger partial charge in [-0.1, -0.05) is 19.0 Å². The molecule has 6 heteroatoms. The van der Waals surface area contributed by atoms with Gasteiger partial charge in [-0.05, 0) is 19.8 Å². The van der Waals surface area contributed by atoms with Gasteiger partial charge in [0.1, 0.15) is 23.5 Å². The summed E-state index contributed by atoms with van der Waals surface area (Å²) in [5.41, 5.74) is -0.135. The molecule has 1 atom stereocenters. The van der Waals surface area contributed by atoms with E-state index in [2.05, 4.69) is 10.5 Å². The zero-order valence-electron chi connectivity index (χ0n) is 11.5. The van der Waals surface area contributed by atoms with Crippen molar-refractivity contribution < 1.29 is 14.1 Å². The SMILES string of the molecule is CCC1(CC)NC(=O)C(C)N(Cc2ccon2)C1=O. The first kappa shape index (κ1) is 13.6. The quantitative estimate of drug-likeness (QED) is 0.884. The lowest BCUT2D eigenvalue weighted by molar-refractivity contribution is -0.155. The van der Waals surface area contributed by atoms with E-state index in [0.717, 1.165) is 0 Å². The molecule has 1 saturated heterocycles. The molecule has 0 saturated carbocycles.